The predicted molar refractivity (Wildman–Crippen MR) is 95.1 cm³/mol. The van der Waals surface area contributed by atoms with E-state index in [9.17, 15) is 0 Å². The fourth-order valence-corrected chi connectivity index (χ4v) is 3.81. The molecule has 5 heteroatoms. The van der Waals surface area contributed by atoms with Gasteiger partial charge in [-0.05, 0) is 54.8 Å². The first kappa shape index (κ1) is 14.7. The number of thiocarbonyl (C=S) groups is 1. The lowest BCUT2D eigenvalue weighted by atomic mass is 9.97. The van der Waals surface area contributed by atoms with E-state index in [2.05, 4.69) is 33.2 Å². The number of hydrogen-bond donors (Lipinski definition) is 2. The zero-order valence-corrected chi connectivity index (χ0v) is 13.7. The van der Waals surface area contributed by atoms with Crippen molar-refractivity contribution >= 4 is 44.6 Å². The molecule has 1 aliphatic carbocycles. The maximum Gasteiger partial charge on any atom is 0.170 e. The zero-order valence-electron chi connectivity index (χ0n) is 12.1. The van der Waals surface area contributed by atoms with Crippen LogP contribution in [0.3, 0.4) is 0 Å². The lowest BCUT2D eigenvalue weighted by Crippen LogP contribution is -2.38. The van der Waals surface area contributed by atoms with Gasteiger partial charge in [0.2, 0.25) is 0 Å². The normalized spacial score (nSPS) is 17.1. The van der Waals surface area contributed by atoms with Crippen LogP contribution < -0.4 is 10.6 Å². The van der Waals surface area contributed by atoms with Gasteiger partial charge in [-0.2, -0.15) is 4.37 Å². The first-order valence-corrected chi connectivity index (χ1v) is 8.91. The Labute approximate surface area is 135 Å². The number of rotatable bonds is 2. The van der Waals surface area contributed by atoms with Crippen molar-refractivity contribution in [3.05, 3.63) is 24.4 Å². The van der Waals surface area contributed by atoms with Crippen LogP contribution >= 0.6 is 23.8 Å². The largest absolute Gasteiger partial charge is 0.360 e. The predicted octanol–water partition coefficient (Wildman–Crippen LogP) is 4.70. The third-order valence-corrected chi connectivity index (χ3v) is 5.05. The zero-order chi connectivity index (χ0) is 14.5. The summed E-state index contributed by atoms with van der Waals surface area (Å²) in [4.78, 5) is 0. The molecule has 0 unspecified atom stereocenters. The molecule has 1 fully saturated rings. The van der Waals surface area contributed by atoms with Gasteiger partial charge in [-0.25, -0.2) is 0 Å². The lowest BCUT2D eigenvalue weighted by molar-refractivity contribution is 0.430. The standard InChI is InChI=1S/C16H21N3S2/c20-16(18-13-6-4-2-1-3-5-7-13)19-14-8-9-15-12(10-14)11-17-21-15/h8-11,13H,1-7H2,(H2,18,19,20). The molecule has 3 nitrogen and oxygen atoms in total. The Balaban J connectivity index is 1.57. The molecule has 0 radical (unpaired) electrons. The Hall–Kier alpha value is -1.20. The molecule has 1 aliphatic rings. The van der Waals surface area contributed by atoms with E-state index in [0.717, 1.165) is 10.8 Å². The second-order valence-electron chi connectivity index (χ2n) is 5.72. The third-order valence-electron chi connectivity index (χ3n) is 4.05. The molecular weight excluding hydrogens is 298 g/mol. The summed E-state index contributed by atoms with van der Waals surface area (Å²) in [5.74, 6) is 0. The molecule has 112 valence electrons. The van der Waals surface area contributed by atoms with Gasteiger partial charge >= 0.3 is 0 Å². The van der Waals surface area contributed by atoms with Gasteiger partial charge in [0.25, 0.3) is 0 Å². The van der Waals surface area contributed by atoms with Crippen LogP contribution in [0.4, 0.5) is 5.69 Å². The van der Waals surface area contributed by atoms with Crippen molar-refractivity contribution in [1.82, 2.24) is 9.69 Å². The van der Waals surface area contributed by atoms with Gasteiger partial charge in [-0.1, -0.05) is 32.1 Å². The van der Waals surface area contributed by atoms with E-state index in [-0.39, 0.29) is 0 Å². The summed E-state index contributed by atoms with van der Waals surface area (Å²) in [5, 5.41) is 8.69. The van der Waals surface area contributed by atoms with Crippen LogP contribution in [0, 0.1) is 0 Å². The topological polar surface area (TPSA) is 37.0 Å². The Bertz CT molecular complexity index is 600. The quantitative estimate of drug-likeness (QED) is 0.787. The van der Waals surface area contributed by atoms with Gasteiger partial charge < -0.3 is 10.6 Å². The van der Waals surface area contributed by atoms with Crippen molar-refractivity contribution in [2.45, 2.75) is 51.0 Å². The monoisotopic (exact) mass is 319 g/mol. The van der Waals surface area contributed by atoms with Gasteiger partial charge in [0.1, 0.15) is 0 Å². The van der Waals surface area contributed by atoms with E-state index in [1.165, 1.54) is 66.6 Å². The van der Waals surface area contributed by atoms with Gasteiger partial charge in [0.05, 0.1) is 4.70 Å². The van der Waals surface area contributed by atoms with Crippen LogP contribution in [-0.2, 0) is 0 Å². The Kier molecular flexibility index (Phi) is 5.04. The highest BCUT2D eigenvalue weighted by atomic mass is 32.1. The molecule has 0 amide bonds. The van der Waals surface area contributed by atoms with E-state index in [4.69, 9.17) is 12.2 Å². The molecule has 1 saturated carbocycles. The Morgan fingerprint density at radius 1 is 1.14 bits per heavy atom. The van der Waals surface area contributed by atoms with Crippen molar-refractivity contribution in [3.8, 4) is 0 Å². The van der Waals surface area contributed by atoms with E-state index in [0.29, 0.717) is 6.04 Å². The molecular formula is C16H21N3S2. The Morgan fingerprint density at radius 2 is 1.90 bits per heavy atom. The van der Waals surface area contributed by atoms with Crippen LogP contribution in [0.5, 0.6) is 0 Å². The highest BCUT2D eigenvalue weighted by Crippen LogP contribution is 2.22. The van der Waals surface area contributed by atoms with Crippen molar-refractivity contribution in [2.24, 2.45) is 0 Å². The van der Waals surface area contributed by atoms with Gasteiger partial charge in [0.15, 0.2) is 5.11 Å². The second kappa shape index (κ2) is 7.18. The minimum absolute atomic E-state index is 0.525. The SMILES string of the molecule is S=C(Nc1ccc2sncc2c1)NC1CCCCCCC1. The molecule has 21 heavy (non-hydrogen) atoms. The highest BCUT2D eigenvalue weighted by Gasteiger charge is 2.12. The average Bonchev–Trinajstić information content (AvgIpc) is 2.89. The van der Waals surface area contributed by atoms with Crippen LogP contribution in [0.15, 0.2) is 24.4 Å². The fourth-order valence-electron chi connectivity index (χ4n) is 2.90. The number of fused-ring (bicyclic) bond motifs is 1. The van der Waals surface area contributed by atoms with Crippen LogP contribution in [0.25, 0.3) is 10.1 Å². The molecule has 2 N–H and O–H groups in total. The molecule has 2 aromatic rings. The van der Waals surface area contributed by atoms with Crippen LogP contribution in [-0.4, -0.2) is 15.5 Å². The number of nitrogens with zero attached hydrogens (tertiary/aromatic N) is 1. The number of benzene rings is 1. The van der Waals surface area contributed by atoms with Crippen LogP contribution in [0.1, 0.15) is 44.9 Å². The van der Waals surface area contributed by atoms with Crippen molar-refractivity contribution in [1.29, 1.82) is 0 Å². The van der Waals surface area contributed by atoms with Gasteiger partial charge in [-0.15, -0.1) is 0 Å². The minimum atomic E-state index is 0.525. The molecule has 1 aromatic carbocycles. The molecule has 0 saturated heterocycles. The molecule has 0 atom stereocenters. The number of anilines is 1. The van der Waals surface area contributed by atoms with Gasteiger partial charge in [0, 0.05) is 23.3 Å². The first-order valence-electron chi connectivity index (χ1n) is 7.73. The van der Waals surface area contributed by atoms with Crippen LogP contribution in [0.2, 0.25) is 0 Å². The maximum absolute atomic E-state index is 5.46. The van der Waals surface area contributed by atoms with Crippen molar-refractivity contribution in [3.63, 3.8) is 0 Å². The first-order chi connectivity index (χ1) is 10.3. The van der Waals surface area contributed by atoms with Crippen molar-refractivity contribution < 1.29 is 0 Å². The lowest BCUT2D eigenvalue weighted by Gasteiger charge is -2.22. The highest BCUT2D eigenvalue weighted by molar-refractivity contribution is 7.80. The molecule has 1 aromatic heterocycles. The summed E-state index contributed by atoms with van der Waals surface area (Å²) >= 11 is 6.98. The van der Waals surface area contributed by atoms with E-state index in [1.54, 1.807) is 0 Å². The maximum atomic E-state index is 5.46. The summed E-state index contributed by atoms with van der Waals surface area (Å²) < 4.78 is 5.41. The number of hydrogen-bond acceptors (Lipinski definition) is 3. The molecule has 1 heterocycles. The molecule has 0 bridgehead atoms. The van der Waals surface area contributed by atoms with E-state index < -0.39 is 0 Å². The smallest absolute Gasteiger partial charge is 0.170 e. The molecule has 0 spiro atoms. The van der Waals surface area contributed by atoms with E-state index in [1.807, 2.05) is 6.20 Å². The third kappa shape index (κ3) is 4.14. The molecule has 0 aliphatic heterocycles. The number of aromatic nitrogens is 1. The van der Waals surface area contributed by atoms with Crippen molar-refractivity contribution in [2.75, 3.05) is 5.32 Å². The summed E-state index contributed by atoms with van der Waals surface area (Å²) in [6.07, 6.45) is 11.1. The second-order valence-corrected chi connectivity index (χ2v) is 6.96. The minimum Gasteiger partial charge on any atom is -0.360 e. The summed E-state index contributed by atoms with van der Waals surface area (Å²) in [6, 6.07) is 6.78. The Morgan fingerprint density at radius 3 is 2.71 bits per heavy atom. The number of nitrogens with one attached hydrogen (secondary N) is 2. The fraction of sp³-hybridized carbons (Fsp3) is 0.500. The summed E-state index contributed by atoms with van der Waals surface area (Å²) in [6.45, 7) is 0. The molecule has 3 rings (SSSR count). The summed E-state index contributed by atoms with van der Waals surface area (Å²) in [5.41, 5.74) is 1.03. The van der Waals surface area contributed by atoms with E-state index >= 15 is 0 Å². The summed E-state index contributed by atoms with van der Waals surface area (Å²) in [7, 11) is 0. The van der Waals surface area contributed by atoms with Gasteiger partial charge in [-0.3, -0.25) is 0 Å². The average molecular weight is 319 g/mol.